The topological polar surface area (TPSA) is 46.2 Å². The molecule has 0 unspecified atom stereocenters. The molecule has 0 saturated carbocycles. The zero-order valence-electron chi connectivity index (χ0n) is 9.01. The summed E-state index contributed by atoms with van der Waals surface area (Å²) < 4.78 is 0.574. The zero-order chi connectivity index (χ0) is 11.8. The number of phenols is 1. The van der Waals surface area contributed by atoms with Crippen LogP contribution in [0.3, 0.4) is 0 Å². The highest BCUT2D eigenvalue weighted by atomic mass is 79.9. The molecule has 4 heteroatoms. The Balaban J connectivity index is 3.25. The Kier molecular flexibility index (Phi) is 3.69. The van der Waals surface area contributed by atoms with Crippen molar-refractivity contribution in [1.82, 2.24) is 0 Å². The molecule has 0 spiro atoms. The molecule has 84 valence electrons. The van der Waals surface area contributed by atoms with Gasteiger partial charge in [-0.1, -0.05) is 32.4 Å². The number of nitrogens with two attached hydrogens (primary N) is 1. The molecular weight excluding hydrogens is 277 g/mol. The molecule has 0 aliphatic heterocycles. The Morgan fingerprint density at radius 1 is 1.40 bits per heavy atom. The third-order valence-corrected chi connectivity index (χ3v) is 3.15. The smallest absolute Gasteiger partial charge is 0.134 e. The van der Waals surface area contributed by atoms with E-state index in [2.05, 4.69) is 15.9 Å². The molecule has 0 radical (unpaired) electrons. The van der Waals surface area contributed by atoms with Crippen molar-refractivity contribution in [3.8, 4) is 5.75 Å². The van der Waals surface area contributed by atoms with Crippen molar-refractivity contribution in [3.05, 3.63) is 27.2 Å². The first kappa shape index (κ1) is 12.8. The van der Waals surface area contributed by atoms with Gasteiger partial charge in [0.2, 0.25) is 0 Å². The van der Waals surface area contributed by atoms with Crippen LogP contribution in [0.15, 0.2) is 16.6 Å². The summed E-state index contributed by atoms with van der Waals surface area (Å²) in [6.07, 6.45) is 0. The molecule has 0 aliphatic carbocycles. The average Bonchev–Trinajstić information content (AvgIpc) is 2.08. The van der Waals surface area contributed by atoms with E-state index >= 15 is 0 Å². The van der Waals surface area contributed by atoms with Gasteiger partial charge < -0.3 is 10.8 Å². The van der Waals surface area contributed by atoms with E-state index in [1.807, 2.05) is 20.8 Å². The predicted molar refractivity (Wildman–Crippen MR) is 67.2 cm³/mol. The second-order valence-corrected chi connectivity index (χ2v) is 5.96. The van der Waals surface area contributed by atoms with Crippen LogP contribution in [0.2, 0.25) is 5.02 Å². The molecule has 1 atom stereocenters. The molecule has 2 nitrogen and oxygen atoms in total. The molecule has 0 saturated heterocycles. The predicted octanol–water partition coefficient (Wildman–Crippen LogP) is 3.85. The summed E-state index contributed by atoms with van der Waals surface area (Å²) in [6.45, 7) is 6.06. The maximum absolute atomic E-state index is 9.87. The van der Waals surface area contributed by atoms with Crippen LogP contribution in [0.1, 0.15) is 32.4 Å². The summed E-state index contributed by atoms with van der Waals surface area (Å²) in [5.74, 6) is 0.168. The monoisotopic (exact) mass is 291 g/mol. The van der Waals surface area contributed by atoms with Crippen LogP contribution in [0.5, 0.6) is 5.75 Å². The van der Waals surface area contributed by atoms with Gasteiger partial charge in [0.05, 0.1) is 4.47 Å². The number of aromatic hydroxyl groups is 1. The lowest BCUT2D eigenvalue weighted by atomic mass is 9.83. The minimum absolute atomic E-state index is 0.123. The molecule has 0 amide bonds. The molecular formula is C11H15BrClNO. The maximum atomic E-state index is 9.87. The molecule has 1 aromatic carbocycles. The average molecular weight is 293 g/mol. The normalized spacial score (nSPS) is 14.0. The van der Waals surface area contributed by atoms with E-state index in [4.69, 9.17) is 17.3 Å². The van der Waals surface area contributed by atoms with Crippen LogP contribution >= 0.6 is 27.5 Å². The van der Waals surface area contributed by atoms with Gasteiger partial charge in [-0.3, -0.25) is 0 Å². The van der Waals surface area contributed by atoms with Gasteiger partial charge >= 0.3 is 0 Å². The third kappa shape index (κ3) is 2.86. The fourth-order valence-corrected chi connectivity index (χ4v) is 2.12. The first-order valence-corrected chi connectivity index (χ1v) is 5.84. The van der Waals surface area contributed by atoms with Gasteiger partial charge in [0.1, 0.15) is 5.75 Å². The lowest BCUT2D eigenvalue weighted by Crippen LogP contribution is -2.26. The van der Waals surface area contributed by atoms with Crippen molar-refractivity contribution < 1.29 is 5.11 Å². The number of phenolic OH excluding ortho intramolecular Hbond substituents is 1. The number of hydrogen-bond donors (Lipinski definition) is 2. The van der Waals surface area contributed by atoms with Crippen LogP contribution in [0.25, 0.3) is 0 Å². The van der Waals surface area contributed by atoms with E-state index in [1.54, 1.807) is 12.1 Å². The van der Waals surface area contributed by atoms with Gasteiger partial charge in [-0.05, 0) is 33.5 Å². The molecule has 0 heterocycles. The molecule has 0 aromatic heterocycles. The summed E-state index contributed by atoms with van der Waals surface area (Å²) in [6, 6.07) is 3.10. The number of benzene rings is 1. The van der Waals surface area contributed by atoms with Crippen molar-refractivity contribution >= 4 is 27.5 Å². The molecule has 0 bridgehead atoms. The Morgan fingerprint density at radius 2 is 1.93 bits per heavy atom. The van der Waals surface area contributed by atoms with Crippen molar-refractivity contribution in [2.45, 2.75) is 26.8 Å². The van der Waals surface area contributed by atoms with Crippen LogP contribution in [0, 0.1) is 5.41 Å². The quantitative estimate of drug-likeness (QED) is 0.826. The number of halogens is 2. The van der Waals surface area contributed by atoms with Crippen molar-refractivity contribution in [2.24, 2.45) is 11.1 Å². The molecule has 3 N–H and O–H groups in total. The fraction of sp³-hybridized carbons (Fsp3) is 0.455. The van der Waals surface area contributed by atoms with E-state index in [0.29, 0.717) is 15.1 Å². The molecule has 0 fully saturated rings. The lowest BCUT2D eigenvalue weighted by molar-refractivity contribution is 0.317. The van der Waals surface area contributed by atoms with Gasteiger partial charge in [-0.2, -0.15) is 0 Å². The lowest BCUT2D eigenvalue weighted by Gasteiger charge is -2.28. The zero-order valence-corrected chi connectivity index (χ0v) is 11.4. The first-order chi connectivity index (χ1) is 6.73. The van der Waals surface area contributed by atoms with Crippen LogP contribution in [-0.4, -0.2) is 5.11 Å². The molecule has 1 rings (SSSR count). The minimum atomic E-state index is -0.257. The van der Waals surface area contributed by atoms with E-state index in [-0.39, 0.29) is 17.2 Å². The second kappa shape index (κ2) is 4.32. The Hall–Kier alpha value is -0.250. The Morgan fingerprint density at radius 3 is 2.40 bits per heavy atom. The van der Waals surface area contributed by atoms with E-state index in [1.165, 1.54) is 0 Å². The molecule has 0 aliphatic rings. The standard InChI is InChI=1S/C11H15BrClNO/c1-11(2,3)10(14)7-4-6(13)5-8(12)9(7)15/h4-5,10,15H,14H2,1-3H3/t10-/m0/s1. The highest BCUT2D eigenvalue weighted by Gasteiger charge is 2.25. The molecule has 15 heavy (non-hydrogen) atoms. The largest absolute Gasteiger partial charge is 0.506 e. The fourth-order valence-electron chi connectivity index (χ4n) is 1.29. The third-order valence-electron chi connectivity index (χ3n) is 2.33. The van der Waals surface area contributed by atoms with Gasteiger partial charge in [-0.25, -0.2) is 0 Å². The maximum Gasteiger partial charge on any atom is 0.134 e. The number of hydrogen-bond acceptors (Lipinski definition) is 2. The van der Waals surface area contributed by atoms with E-state index in [0.717, 1.165) is 0 Å². The van der Waals surface area contributed by atoms with Gasteiger partial charge in [0.15, 0.2) is 0 Å². The summed E-state index contributed by atoms with van der Waals surface area (Å²) >= 11 is 9.16. The Bertz CT molecular complexity index is 374. The van der Waals surface area contributed by atoms with E-state index < -0.39 is 0 Å². The summed E-state index contributed by atoms with van der Waals surface area (Å²) in [7, 11) is 0. The van der Waals surface area contributed by atoms with Crippen LogP contribution in [0.4, 0.5) is 0 Å². The second-order valence-electron chi connectivity index (χ2n) is 4.67. The van der Waals surface area contributed by atoms with Crippen LogP contribution < -0.4 is 5.73 Å². The number of rotatable bonds is 1. The minimum Gasteiger partial charge on any atom is -0.506 e. The molecule has 1 aromatic rings. The Labute approximate surface area is 104 Å². The van der Waals surface area contributed by atoms with Crippen LogP contribution in [-0.2, 0) is 0 Å². The summed E-state index contributed by atoms with van der Waals surface area (Å²) in [4.78, 5) is 0. The van der Waals surface area contributed by atoms with Gasteiger partial charge in [-0.15, -0.1) is 0 Å². The summed E-state index contributed by atoms with van der Waals surface area (Å²) in [5.41, 5.74) is 6.62. The highest BCUT2D eigenvalue weighted by molar-refractivity contribution is 9.10. The van der Waals surface area contributed by atoms with Gasteiger partial charge in [0.25, 0.3) is 0 Å². The first-order valence-electron chi connectivity index (χ1n) is 4.67. The van der Waals surface area contributed by atoms with E-state index in [9.17, 15) is 5.11 Å². The van der Waals surface area contributed by atoms with Crippen molar-refractivity contribution in [3.63, 3.8) is 0 Å². The van der Waals surface area contributed by atoms with Gasteiger partial charge in [0, 0.05) is 16.6 Å². The van der Waals surface area contributed by atoms with Crippen molar-refractivity contribution in [1.29, 1.82) is 0 Å². The van der Waals surface area contributed by atoms with Crippen molar-refractivity contribution in [2.75, 3.05) is 0 Å². The SMILES string of the molecule is CC(C)(C)[C@@H](N)c1cc(Cl)cc(Br)c1O. The highest BCUT2D eigenvalue weighted by Crippen LogP contribution is 2.40. The summed E-state index contributed by atoms with van der Waals surface area (Å²) in [5, 5.41) is 10.4.